The van der Waals surface area contributed by atoms with Crippen molar-refractivity contribution in [2.24, 2.45) is 0 Å². The van der Waals surface area contributed by atoms with Crippen LogP contribution in [0.5, 0.6) is 0 Å². The molecule has 8 heteroatoms. The van der Waals surface area contributed by atoms with Crippen LogP contribution in [0.1, 0.15) is 6.92 Å². The third-order valence-corrected chi connectivity index (χ3v) is 3.53. The van der Waals surface area contributed by atoms with Crippen LogP contribution in [-0.2, 0) is 14.8 Å². The molecule has 1 heterocycles. The van der Waals surface area contributed by atoms with E-state index in [2.05, 4.69) is 15.0 Å². The number of nitrogens with zero attached hydrogens (tertiary/aromatic N) is 1. The number of benzene rings is 1. The topological polar surface area (TPSA) is 88.2 Å². The van der Waals surface area contributed by atoms with Crippen molar-refractivity contribution in [1.29, 1.82) is 0 Å². The van der Waals surface area contributed by atoms with E-state index in [1.165, 1.54) is 18.3 Å². The van der Waals surface area contributed by atoms with Gasteiger partial charge in [-0.15, -0.1) is 0 Å². The Kier molecular flexibility index (Phi) is 3.22. The summed E-state index contributed by atoms with van der Waals surface area (Å²) in [5.41, 5.74) is 1.09. The van der Waals surface area contributed by atoms with Gasteiger partial charge < -0.3 is 5.32 Å². The molecule has 0 aliphatic rings. The first-order chi connectivity index (χ1) is 8.33. The number of aromatic nitrogens is 1. The lowest BCUT2D eigenvalue weighted by atomic mass is 10.3. The molecular weight excluding hydrogens is 274 g/mol. The lowest BCUT2D eigenvalue weighted by molar-refractivity contribution is -0.114. The van der Waals surface area contributed by atoms with Crippen molar-refractivity contribution < 1.29 is 13.2 Å². The lowest BCUT2D eigenvalue weighted by Crippen LogP contribution is -2.09. The zero-order valence-electron chi connectivity index (χ0n) is 9.72. The van der Waals surface area contributed by atoms with Gasteiger partial charge in [0.2, 0.25) is 15.9 Å². The predicted molar refractivity (Wildman–Crippen MR) is 72.4 cm³/mol. The highest BCUT2D eigenvalue weighted by Gasteiger charge is 2.07. The first-order valence-corrected chi connectivity index (χ1v) is 7.70. The summed E-state index contributed by atoms with van der Waals surface area (Å²) in [4.78, 5) is 15.1. The highest BCUT2D eigenvalue weighted by molar-refractivity contribution is 7.92. The number of hydrogen-bond acceptors (Lipinski definition) is 5. The van der Waals surface area contributed by atoms with E-state index in [9.17, 15) is 13.2 Å². The molecule has 2 rings (SSSR count). The molecule has 1 aromatic carbocycles. The highest BCUT2D eigenvalue weighted by atomic mass is 32.2. The van der Waals surface area contributed by atoms with Crippen molar-refractivity contribution in [2.75, 3.05) is 16.3 Å². The maximum Gasteiger partial charge on any atom is 0.229 e. The summed E-state index contributed by atoms with van der Waals surface area (Å²) in [6.45, 7) is 1.41. The van der Waals surface area contributed by atoms with Gasteiger partial charge in [0.1, 0.15) is 0 Å². The number of nitrogens with one attached hydrogen (secondary N) is 2. The summed E-state index contributed by atoms with van der Waals surface area (Å²) in [6, 6.07) is 5.03. The van der Waals surface area contributed by atoms with Gasteiger partial charge in [-0.2, -0.15) is 0 Å². The summed E-state index contributed by atoms with van der Waals surface area (Å²) in [6.07, 6.45) is 1.08. The van der Waals surface area contributed by atoms with Crippen molar-refractivity contribution in [3.8, 4) is 0 Å². The number of rotatable bonds is 3. The molecule has 0 saturated carbocycles. The number of thiazole rings is 1. The summed E-state index contributed by atoms with van der Waals surface area (Å²) < 4.78 is 25.4. The Labute approximate surface area is 108 Å². The Hall–Kier alpha value is -1.67. The van der Waals surface area contributed by atoms with E-state index in [0.29, 0.717) is 16.3 Å². The number of amides is 1. The van der Waals surface area contributed by atoms with Crippen LogP contribution in [0, 0.1) is 0 Å². The standard InChI is InChI=1S/C10H11N3O3S2/c1-6(14)11-10-12-8-5-7(13-18(2,15)16)3-4-9(8)17-10/h3-5,13H,1-2H3,(H,11,12,14). The molecule has 0 spiro atoms. The molecule has 2 aromatic rings. The average molecular weight is 285 g/mol. The molecule has 6 nitrogen and oxygen atoms in total. The minimum Gasteiger partial charge on any atom is -0.302 e. The molecule has 0 atom stereocenters. The number of carbonyl (C=O) groups is 1. The predicted octanol–water partition coefficient (Wildman–Crippen LogP) is 1.63. The van der Waals surface area contributed by atoms with Gasteiger partial charge in [0.25, 0.3) is 0 Å². The zero-order chi connectivity index (χ0) is 13.3. The SMILES string of the molecule is CC(=O)Nc1nc2cc(NS(C)(=O)=O)ccc2s1. The fraction of sp³-hybridized carbons (Fsp3) is 0.200. The van der Waals surface area contributed by atoms with Gasteiger partial charge in [-0.05, 0) is 18.2 Å². The monoisotopic (exact) mass is 285 g/mol. The van der Waals surface area contributed by atoms with Crippen LogP contribution in [0.4, 0.5) is 10.8 Å². The molecule has 96 valence electrons. The summed E-state index contributed by atoms with van der Waals surface area (Å²) in [5.74, 6) is -0.191. The number of hydrogen-bond donors (Lipinski definition) is 2. The molecule has 0 fully saturated rings. The molecule has 0 radical (unpaired) electrons. The van der Waals surface area contributed by atoms with Gasteiger partial charge in [0.15, 0.2) is 5.13 Å². The van der Waals surface area contributed by atoms with E-state index < -0.39 is 10.0 Å². The molecule has 0 aliphatic carbocycles. The molecule has 2 N–H and O–H groups in total. The molecule has 0 saturated heterocycles. The fourth-order valence-corrected chi connectivity index (χ4v) is 2.86. The minimum absolute atomic E-state index is 0.191. The van der Waals surface area contributed by atoms with Gasteiger partial charge in [0, 0.05) is 6.92 Å². The van der Waals surface area contributed by atoms with E-state index in [1.807, 2.05) is 0 Å². The van der Waals surface area contributed by atoms with Gasteiger partial charge in [0.05, 0.1) is 22.2 Å². The van der Waals surface area contributed by atoms with Gasteiger partial charge in [-0.25, -0.2) is 13.4 Å². The van der Waals surface area contributed by atoms with Crippen LogP contribution in [0.25, 0.3) is 10.2 Å². The van der Waals surface area contributed by atoms with Gasteiger partial charge in [-0.3, -0.25) is 9.52 Å². The van der Waals surface area contributed by atoms with Crippen molar-refractivity contribution in [3.05, 3.63) is 18.2 Å². The minimum atomic E-state index is -3.30. The van der Waals surface area contributed by atoms with Gasteiger partial charge in [-0.1, -0.05) is 11.3 Å². The number of carbonyl (C=O) groups excluding carboxylic acids is 1. The molecule has 0 unspecified atom stereocenters. The Bertz CT molecular complexity index is 706. The zero-order valence-corrected chi connectivity index (χ0v) is 11.4. The van der Waals surface area contributed by atoms with E-state index >= 15 is 0 Å². The maximum absolute atomic E-state index is 11.1. The second kappa shape index (κ2) is 4.54. The highest BCUT2D eigenvalue weighted by Crippen LogP contribution is 2.28. The Morgan fingerprint density at radius 2 is 2.11 bits per heavy atom. The third kappa shape index (κ3) is 3.17. The molecule has 0 bridgehead atoms. The van der Waals surface area contributed by atoms with Crippen molar-refractivity contribution in [3.63, 3.8) is 0 Å². The second-order valence-electron chi connectivity index (χ2n) is 3.76. The molecular formula is C10H11N3O3S2. The van der Waals surface area contributed by atoms with E-state index in [0.717, 1.165) is 11.0 Å². The smallest absolute Gasteiger partial charge is 0.229 e. The van der Waals surface area contributed by atoms with Crippen LogP contribution >= 0.6 is 11.3 Å². The van der Waals surface area contributed by atoms with Crippen molar-refractivity contribution in [1.82, 2.24) is 4.98 Å². The largest absolute Gasteiger partial charge is 0.302 e. The Morgan fingerprint density at radius 1 is 1.39 bits per heavy atom. The second-order valence-corrected chi connectivity index (χ2v) is 6.54. The lowest BCUT2D eigenvalue weighted by Gasteiger charge is -2.02. The average Bonchev–Trinajstić information content (AvgIpc) is 2.55. The van der Waals surface area contributed by atoms with Crippen LogP contribution in [-0.4, -0.2) is 25.6 Å². The van der Waals surface area contributed by atoms with Crippen LogP contribution < -0.4 is 10.0 Å². The quantitative estimate of drug-likeness (QED) is 0.897. The number of anilines is 2. The number of sulfonamides is 1. The summed E-state index contributed by atoms with van der Waals surface area (Å²) >= 11 is 1.33. The molecule has 0 aliphatic heterocycles. The van der Waals surface area contributed by atoms with Gasteiger partial charge >= 0.3 is 0 Å². The van der Waals surface area contributed by atoms with E-state index in [4.69, 9.17) is 0 Å². The van der Waals surface area contributed by atoms with Crippen LogP contribution in [0.2, 0.25) is 0 Å². The van der Waals surface area contributed by atoms with Crippen molar-refractivity contribution in [2.45, 2.75) is 6.92 Å². The molecule has 1 aromatic heterocycles. The third-order valence-electron chi connectivity index (χ3n) is 1.97. The summed E-state index contributed by atoms with van der Waals surface area (Å²) in [7, 11) is -3.30. The fourth-order valence-electron chi connectivity index (χ4n) is 1.41. The van der Waals surface area contributed by atoms with E-state index in [-0.39, 0.29) is 5.91 Å². The van der Waals surface area contributed by atoms with E-state index in [1.54, 1.807) is 18.2 Å². The van der Waals surface area contributed by atoms with Crippen LogP contribution in [0.3, 0.4) is 0 Å². The maximum atomic E-state index is 11.1. The molecule has 1 amide bonds. The number of fused-ring (bicyclic) bond motifs is 1. The van der Waals surface area contributed by atoms with Crippen molar-refractivity contribution >= 4 is 48.3 Å². The summed E-state index contributed by atoms with van der Waals surface area (Å²) in [5, 5.41) is 3.09. The first kappa shape index (κ1) is 12.8. The van der Waals surface area contributed by atoms with Crippen LogP contribution in [0.15, 0.2) is 18.2 Å². The first-order valence-electron chi connectivity index (χ1n) is 4.99. The normalized spacial score (nSPS) is 11.4. The Balaban J connectivity index is 2.36. The molecule has 18 heavy (non-hydrogen) atoms. The Morgan fingerprint density at radius 3 is 2.72 bits per heavy atom.